The number of thiazole rings is 1. The Morgan fingerprint density at radius 1 is 1.05 bits per heavy atom. The number of carbonyl (C=O) groups excluding carboxylic acids is 2. The molecule has 14 heteroatoms. The van der Waals surface area contributed by atoms with Crippen molar-refractivity contribution in [3.05, 3.63) is 111 Å². The number of hydrogen-bond donors (Lipinski definition) is 1. The van der Waals surface area contributed by atoms with Crippen LogP contribution in [0.4, 0.5) is 10.8 Å². The summed E-state index contributed by atoms with van der Waals surface area (Å²) in [4.78, 5) is 42.0. The number of nitro groups is 1. The molecule has 1 amide bonds. The van der Waals surface area contributed by atoms with Crippen LogP contribution >= 0.6 is 22.9 Å². The molecule has 2 heterocycles. The van der Waals surface area contributed by atoms with Gasteiger partial charge in [0.2, 0.25) is 9.84 Å². The summed E-state index contributed by atoms with van der Waals surface area (Å²) in [6.45, 7) is 0. The number of benzene rings is 3. The number of ether oxygens (including phenoxy) is 1. The number of halogens is 1. The molecule has 11 nitrogen and oxygen atoms in total. The number of aromatic nitrogens is 1. The zero-order valence-electron chi connectivity index (χ0n) is 20.9. The third-order valence-electron chi connectivity index (χ3n) is 6.29. The van der Waals surface area contributed by atoms with Crippen LogP contribution in [-0.2, 0) is 19.4 Å². The van der Waals surface area contributed by atoms with Crippen molar-refractivity contribution in [2.75, 3.05) is 12.0 Å². The maximum atomic E-state index is 13.4. The Morgan fingerprint density at radius 3 is 2.27 bits per heavy atom. The van der Waals surface area contributed by atoms with Crippen molar-refractivity contribution in [2.45, 2.75) is 15.1 Å². The SMILES string of the molecule is COc1ccc([C@@H]2C(=C(O)c3ccc(Cl)cc3)C(=O)C(=O)N2c2ncc(S(=O)(=O)c3ccc([N+](=O)[O-])cc3)s2)cc1. The molecule has 41 heavy (non-hydrogen) atoms. The Balaban J connectivity index is 1.62. The van der Waals surface area contributed by atoms with Gasteiger partial charge in [-0.25, -0.2) is 13.4 Å². The minimum Gasteiger partial charge on any atom is -0.507 e. The molecule has 0 saturated carbocycles. The summed E-state index contributed by atoms with van der Waals surface area (Å²) in [6.07, 6.45) is 1.04. The Labute approximate surface area is 242 Å². The van der Waals surface area contributed by atoms with Crippen molar-refractivity contribution >= 4 is 61.0 Å². The largest absolute Gasteiger partial charge is 0.507 e. The van der Waals surface area contributed by atoms with Gasteiger partial charge in [-0.1, -0.05) is 35.1 Å². The first kappa shape index (κ1) is 28.0. The Kier molecular flexibility index (Phi) is 7.34. The molecule has 1 aliphatic rings. The van der Waals surface area contributed by atoms with E-state index in [1.54, 1.807) is 24.3 Å². The summed E-state index contributed by atoms with van der Waals surface area (Å²) in [5, 5.41) is 22.4. The van der Waals surface area contributed by atoms with E-state index >= 15 is 0 Å². The Morgan fingerprint density at radius 2 is 1.68 bits per heavy atom. The number of rotatable bonds is 7. The number of ketones is 1. The normalized spacial score (nSPS) is 16.6. The van der Waals surface area contributed by atoms with E-state index in [1.807, 2.05) is 0 Å². The summed E-state index contributed by atoms with van der Waals surface area (Å²) in [6, 6.07) is 15.7. The second-order valence-electron chi connectivity index (χ2n) is 8.67. The first-order valence-corrected chi connectivity index (χ1v) is 14.4. The first-order chi connectivity index (χ1) is 19.5. The number of nitrogens with zero attached hydrogens (tertiary/aromatic N) is 3. The van der Waals surface area contributed by atoms with E-state index in [0.717, 1.165) is 35.4 Å². The summed E-state index contributed by atoms with van der Waals surface area (Å²) < 4.78 is 31.5. The molecule has 1 N–H and O–H groups in total. The molecular weight excluding hydrogens is 594 g/mol. The van der Waals surface area contributed by atoms with Crippen LogP contribution in [0.5, 0.6) is 5.75 Å². The van der Waals surface area contributed by atoms with E-state index in [9.17, 15) is 33.2 Å². The van der Waals surface area contributed by atoms with Gasteiger partial charge in [0.05, 0.1) is 34.7 Å². The second-order valence-corrected chi connectivity index (χ2v) is 12.3. The number of sulfone groups is 1. The molecule has 1 aromatic heterocycles. The molecule has 4 aromatic rings. The maximum absolute atomic E-state index is 13.4. The molecule has 5 rings (SSSR count). The van der Waals surface area contributed by atoms with Gasteiger partial charge in [-0.05, 0) is 54.1 Å². The van der Waals surface area contributed by atoms with Gasteiger partial charge in [-0.2, -0.15) is 0 Å². The topological polar surface area (TPSA) is 157 Å². The monoisotopic (exact) mass is 611 g/mol. The molecule has 208 valence electrons. The lowest BCUT2D eigenvalue weighted by Gasteiger charge is -2.23. The number of non-ortho nitro benzene ring substituents is 1. The van der Waals surface area contributed by atoms with Crippen molar-refractivity contribution in [3.8, 4) is 5.75 Å². The van der Waals surface area contributed by atoms with Crippen LogP contribution < -0.4 is 9.64 Å². The molecule has 1 atom stereocenters. The average Bonchev–Trinajstić information content (AvgIpc) is 3.56. The second kappa shape index (κ2) is 10.8. The van der Waals surface area contributed by atoms with E-state index < -0.39 is 38.3 Å². The number of methoxy groups -OCH3 is 1. The number of nitro benzene ring substituents is 1. The quantitative estimate of drug-likeness (QED) is 0.0978. The molecule has 0 aliphatic carbocycles. The van der Waals surface area contributed by atoms with Crippen molar-refractivity contribution in [1.29, 1.82) is 0 Å². The highest BCUT2D eigenvalue weighted by Crippen LogP contribution is 2.44. The molecular formula is C27H18ClN3O8S2. The van der Waals surface area contributed by atoms with Gasteiger partial charge in [-0.3, -0.25) is 24.6 Å². The highest BCUT2D eigenvalue weighted by atomic mass is 35.5. The van der Waals surface area contributed by atoms with Gasteiger partial charge in [0, 0.05) is 22.7 Å². The third-order valence-corrected chi connectivity index (χ3v) is 9.77. The van der Waals surface area contributed by atoms with E-state index in [2.05, 4.69) is 4.98 Å². The lowest BCUT2D eigenvalue weighted by molar-refractivity contribution is -0.384. The van der Waals surface area contributed by atoms with Crippen LogP contribution in [0.15, 0.2) is 93.7 Å². The number of amides is 1. The Hall–Kier alpha value is -4.59. The fourth-order valence-corrected chi connectivity index (χ4v) is 6.92. The van der Waals surface area contributed by atoms with Crippen LogP contribution in [0.2, 0.25) is 5.02 Å². The summed E-state index contributed by atoms with van der Waals surface area (Å²) in [5.74, 6) is -1.95. The van der Waals surface area contributed by atoms with E-state index in [0.29, 0.717) is 27.7 Å². The molecule has 0 radical (unpaired) electrons. The molecule has 0 bridgehead atoms. The number of carbonyl (C=O) groups is 2. The molecule has 0 unspecified atom stereocenters. The minimum atomic E-state index is -4.17. The number of aliphatic hydroxyl groups excluding tert-OH is 1. The predicted octanol–water partition coefficient (Wildman–Crippen LogP) is 5.17. The number of aliphatic hydroxyl groups is 1. The van der Waals surface area contributed by atoms with Gasteiger partial charge in [-0.15, -0.1) is 0 Å². The predicted molar refractivity (Wildman–Crippen MR) is 150 cm³/mol. The van der Waals surface area contributed by atoms with Gasteiger partial charge >= 0.3 is 5.91 Å². The summed E-state index contributed by atoms with van der Waals surface area (Å²) in [7, 11) is -2.69. The summed E-state index contributed by atoms with van der Waals surface area (Å²) in [5.41, 5.74) is 0.164. The third kappa shape index (κ3) is 5.06. The lowest BCUT2D eigenvalue weighted by atomic mass is 9.95. The highest BCUT2D eigenvalue weighted by molar-refractivity contribution is 7.93. The zero-order chi connectivity index (χ0) is 29.5. The molecule has 1 aliphatic heterocycles. The maximum Gasteiger partial charge on any atom is 0.301 e. The molecule has 0 spiro atoms. The lowest BCUT2D eigenvalue weighted by Crippen LogP contribution is -2.29. The molecule has 3 aromatic carbocycles. The van der Waals surface area contributed by atoms with Gasteiger partial charge in [0.1, 0.15) is 15.7 Å². The molecule has 1 fully saturated rings. The van der Waals surface area contributed by atoms with E-state index in [4.69, 9.17) is 16.3 Å². The average molecular weight is 612 g/mol. The van der Waals surface area contributed by atoms with Gasteiger partial charge in [0.15, 0.2) is 5.13 Å². The minimum absolute atomic E-state index is 0.108. The Bertz CT molecular complexity index is 1820. The summed E-state index contributed by atoms with van der Waals surface area (Å²) >= 11 is 6.60. The van der Waals surface area contributed by atoms with Crippen molar-refractivity contribution < 1.29 is 32.8 Å². The van der Waals surface area contributed by atoms with Crippen LogP contribution in [0.25, 0.3) is 5.76 Å². The van der Waals surface area contributed by atoms with Crippen molar-refractivity contribution in [3.63, 3.8) is 0 Å². The number of Topliss-reactive ketones (excluding diaryl/α,β-unsaturated/α-hetero) is 1. The van der Waals surface area contributed by atoms with E-state index in [1.165, 1.54) is 31.4 Å². The first-order valence-electron chi connectivity index (χ1n) is 11.7. The van der Waals surface area contributed by atoms with Crippen LogP contribution in [0.1, 0.15) is 17.2 Å². The van der Waals surface area contributed by atoms with Crippen molar-refractivity contribution in [1.82, 2.24) is 4.98 Å². The van der Waals surface area contributed by atoms with Gasteiger partial charge in [0.25, 0.3) is 11.5 Å². The van der Waals surface area contributed by atoms with E-state index in [-0.39, 0.29) is 31.1 Å². The number of hydrogen-bond acceptors (Lipinski definition) is 10. The standard InChI is InChI=1S/C27H18ClN3O8S2/c1-39-19-10-4-15(5-11-19)23-22(24(32)16-2-6-17(28)7-3-16)25(33)26(34)30(23)27-29-14-21(40-27)41(37,38)20-12-8-18(9-13-20)31(35)36/h2-14,23,32H,1H3/t23-/m1/s1. The van der Waals surface area contributed by atoms with Crippen LogP contribution in [0, 0.1) is 10.1 Å². The fraction of sp³-hybridized carbons (Fsp3) is 0.0741. The zero-order valence-corrected chi connectivity index (χ0v) is 23.3. The van der Waals surface area contributed by atoms with Crippen molar-refractivity contribution in [2.24, 2.45) is 0 Å². The molecule has 1 saturated heterocycles. The highest BCUT2D eigenvalue weighted by Gasteiger charge is 2.48. The number of anilines is 1. The van der Waals surface area contributed by atoms with Crippen LogP contribution in [-0.4, -0.2) is 42.2 Å². The van der Waals surface area contributed by atoms with Crippen LogP contribution in [0.3, 0.4) is 0 Å². The fourth-order valence-electron chi connectivity index (χ4n) is 4.24. The van der Waals surface area contributed by atoms with Gasteiger partial charge < -0.3 is 9.84 Å². The smallest absolute Gasteiger partial charge is 0.301 e.